The Labute approximate surface area is 84.7 Å². The topological polar surface area (TPSA) is 49.8 Å². The number of hydrogen-bond donors (Lipinski definition) is 1. The van der Waals surface area contributed by atoms with Gasteiger partial charge < -0.3 is 5.73 Å². The molecule has 0 aliphatic carbocycles. The number of nitrogens with two attached hydrogens (primary N) is 1. The Morgan fingerprint density at radius 2 is 1.93 bits per heavy atom. The predicted molar refractivity (Wildman–Crippen MR) is 57.8 cm³/mol. The average molecular weight is 186 g/mol. The molecule has 1 aromatic carbocycles. The van der Waals surface area contributed by atoms with Crippen LogP contribution in [0.1, 0.15) is 28.3 Å². The molecule has 1 atom stereocenters. The van der Waals surface area contributed by atoms with Gasteiger partial charge in [-0.15, -0.1) is 6.58 Å². The lowest BCUT2D eigenvalue weighted by molar-refractivity contribution is 0.909. The van der Waals surface area contributed by atoms with E-state index in [0.717, 1.165) is 22.3 Å². The summed E-state index contributed by atoms with van der Waals surface area (Å²) >= 11 is 0. The minimum absolute atomic E-state index is 0.153. The fraction of sp³-hybridized carbons (Fsp3) is 0.250. The van der Waals surface area contributed by atoms with Gasteiger partial charge in [0, 0.05) is 6.04 Å². The lowest BCUT2D eigenvalue weighted by Crippen LogP contribution is -2.07. The van der Waals surface area contributed by atoms with E-state index in [1.54, 1.807) is 6.08 Å². The van der Waals surface area contributed by atoms with Crippen LogP contribution in [-0.4, -0.2) is 0 Å². The maximum absolute atomic E-state index is 8.88. The highest BCUT2D eigenvalue weighted by molar-refractivity contribution is 5.46. The van der Waals surface area contributed by atoms with Gasteiger partial charge >= 0.3 is 0 Å². The molecule has 14 heavy (non-hydrogen) atoms. The Morgan fingerprint density at radius 1 is 1.43 bits per heavy atom. The summed E-state index contributed by atoms with van der Waals surface area (Å²) in [6, 6.07) is 5.91. The summed E-state index contributed by atoms with van der Waals surface area (Å²) in [5.41, 5.74) is 9.52. The first kappa shape index (κ1) is 10.5. The highest BCUT2D eigenvalue weighted by Crippen LogP contribution is 2.19. The van der Waals surface area contributed by atoms with Gasteiger partial charge in [-0.25, -0.2) is 0 Å². The standard InChI is InChI=1S/C12H14N2/c1-4-12(14)10-5-8(2)11(7-13)9(3)6-10/h4-6,12H,1,14H2,2-3H3. The lowest BCUT2D eigenvalue weighted by Gasteiger charge is -2.10. The third kappa shape index (κ3) is 1.84. The molecule has 1 aromatic rings. The fourth-order valence-corrected chi connectivity index (χ4v) is 1.50. The lowest BCUT2D eigenvalue weighted by atomic mass is 9.97. The molecule has 1 unspecified atom stereocenters. The zero-order valence-electron chi connectivity index (χ0n) is 8.54. The van der Waals surface area contributed by atoms with Gasteiger partial charge in [-0.05, 0) is 30.5 Å². The van der Waals surface area contributed by atoms with Crippen LogP contribution in [0.2, 0.25) is 0 Å². The van der Waals surface area contributed by atoms with E-state index in [9.17, 15) is 0 Å². The molecule has 0 radical (unpaired) electrons. The Bertz CT molecular complexity index is 376. The molecule has 0 heterocycles. The summed E-state index contributed by atoms with van der Waals surface area (Å²) in [4.78, 5) is 0. The van der Waals surface area contributed by atoms with E-state index in [2.05, 4.69) is 12.6 Å². The molecule has 0 bridgehead atoms. The number of hydrogen-bond acceptors (Lipinski definition) is 2. The quantitative estimate of drug-likeness (QED) is 0.721. The van der Waals surface area contributed by atoms with Gasteiger partial charge in [-0.2, -0.15) is 5.26 Å². The van der Waals surface area contributed by atoms with Crippen LogP contribution >= 0.6 is 0 Å². The molecule has 2 N–H and O–H groups in total. The van der Waals surface area contributed by atoms with Crippen LogP contribution < -0.4 is 5.73 Å². The van der Waals surface area contributed by atoms with Crippen molar-refractivity contribution in [3.63, 3.8) is 0 Å². The van der Waals surface area contributed by atoms with E-state index in [0.29, 0.717) is 0 Å². The van der Waals surface area contributed by atoms with Crippen LogP contribution in [0, 0.1) is 25.2 Å². The van der Waals surface area contributed by atoms with Crippen LogP contribution in [0.15, 0.2) is 24.8 Å². The van der Waals surface area contributed by atoms with Gasteiger partial charge in [0.25, 0.3) is 0 Å². The maximum atomic E-state index is 8.88. The van der Waals surface area contributed by atoms with Gasteiger partial charge in [0.05, 0.1) is 11.6 Å². The van der Waals surface area contributed by atoms with Crippen molar-refractivity contribution in [1.29, 1.82) is 5.26 Å². The molecule has 72 valence electrons. The van der Waals surface area contributed by atoms with Crippen molar-refractivity contribution >= 4 is 0 Å². The molecule has 2 heteroatoms. The van der Waals surface area contributed by atoms with Crippen LogP contribution in [0.3, 0.4) is 0 Å². The van der Waals surface area contributed by atoms with Gasteiger partial charge in [0.2, 0.25) is 0 Å². The highest BCUT2D eigenvalue weighted by Gasteiger charge is 2.07. The summed E-state index contributed by atoms with van der Waals surface area (Å²) in [6.45, 7) is 7.49. The van der Waals surface area contributed by atoms with E-state index in [1.165, 1.54) is 0 Å². The van der Waals surface area contributed by atoms with E-state index in [4.69, 9.17) is 11.0 Å². The summed E-state index contributed by atoms with van der Waals surface area (Å²) in [5.74, 6) is 0. The third-order valence-corrected chi connectivity index (χ3v) is 2.31. The number of nitriles is 1. The van der Waals surface area contributed by atoms with Crippen molar-refractivity contribution in [3.05, 3.63) is 47.0 Å². The van der Waals surface area contributed by atoms with Crippen LogP contribution in [-0.2, 0) is 0 Å². The molecule has 0 saturated heterocycles. The molecule has 0 amide bonds. The molecule has 0 aromatic heterocycles. The van der Waals surface area contributed by atoms with Crippen LogP contribution in [0.5, 0.6) is 0 Å². The zero-order chi connectivity index (χ0) is 10.7. The van der Waals surface area contributed by atoms with Gasteiger partial charge in [-0.3, -0.25) is 0 Å². The maximum Gasteiger partial charge on any atom is 0.0997 e. The number of aryl methyl sites for hydroxylation is 2. The summed E-state index contributed by atoms with van der Waals surface area (Å²) in [7, 11) is 0. The predicted octanol–water partition coefficient (Wildman–Crippen LogP) is 2.36. The molecular weight excluding hydrogens is 172 g/mol. The first-order valence-corrected chi connectivity index (χ1v) is 4.49. The van der Waals surface area contributed by atoms with E-state index in [1.807, 2.05) is 26.0 Å². The largest absolute Gasteiger partial charge is 0.321 e. The van der Waals surface area contributed by atoms with Crippen molar-refractivity contribution in [2.45, 2.75) is 19.9 Å². The van der Waals surface area contributed by atoms with Crippen LogP contribution in [0.4, 0.5) is 0 Å². The second-order valence-corrected chi connectivity index (χ2v) is 3.40. The second kappa shape index (κ2) is 4.08. The summed E-state index contributed by atoms with van der Waals surface area (Å²) < 4.78 is 0. The minimum atomic E-state index is -0.153. The van der Waals surface area contributed by atoms with E-state index < -0.39 is 0 Å². The highest BCUT2D eigenvalue weighted by atomic mass is 14.6. The average Bonchev–Trinajstić information content (AvgIpc) is 2.16. The van der Waals surface area contributed by atoms with Crippen molar-refractivity contribution in [2.24, 2.45) is 5.73 Å². The first-order valence-electron chi connectivity index (χ1n) is 4.49. The van der Waals surface area contributed by atoms with Gasteiger partial charge in [0.15, 0.2) is 0 Å². The normalized spacial score (nSPS) is 11.9. The SMILES string of the molecule is C=CC(N)c1cc(C)c(C#N)c(C)c1. The zero-order valence-corrected chi connectivity index (χ0v) is 8.54. The Morgan fingerprint density at radius 3 is 2.29 bits per heavy atom. The Kier molecular flexibility index (Phi) is 3.06. The van der Waals surface area contributed by atoms with Gasteiger partial charge in [-0.1, -0.05) is 18.2 Å². The molecule has 1 rings (SSSR count). The Hall–Kier alpha value is -1.59. The van der Waals surface area contributed by atoms with E-state index in [-0.39, 0.29) is 6.04 Å². The van der Waals surface area contributed by atoms with Crippen molar-refractivity contribution < 1.29 is 0 Å². The smallest absolute Gasteiger partial charge is 0.0997 e. The molecule has 2 nitrogen and oxygen atoms in total. The van der Waals surface area contributed by atoms with Crippen LogP contribution in [0.25, 0.3) is 0 Å². The molecule has 0 fully saturated rings. The molecule has 0 aliphatic rings. The minimum Gasteiger partial charge on any atom is -0.321 e. The summed E-state index contributed by atoms with van der Waals surface area (Å²) in [6.07, 6.45) is 1.69. The molecule has 0 saturated carbocycles. The second-order valence-electron chi connectivity index (χ2n) is 3.40. The number of rotatable bonds is 2. The van der Waals surface area contributed by atoms with Gasteiger partial charge in [0.1, 0.15) is 0 Å². The van der Waals surface area contributed by atoms with Crippen molar-refractivity contribution in [1.82, 2.24) is 0 Å². The van der Waals surface area contributed by atoms with Crippen molar-refractivity contribution in [3.8, 4) is 6.07 Å². The molecule has 0 aliphatic heterocycles. The summed E-state index contributed by atoms with van der Waals surface area (Å²) in [5, 5.41) is 8.88. The van der Waals surface area contributed by atoms with Crippen molar-refractivity contribution in [2.75, 3.05) is 0 Å². The number of benzene rings is 1. The number of nitrogens with zero attached hydrogens (tertiary/aromatic N) is 1. The molecular formula is C12H14N2. The molecule has 0 spiro atoms. The first-order chi connectivity index (χ1) is 6.60. The monoisotopic (exact) mass is 186 g/mol. The Balaban J connectivity index is 3.28. The third-order valence-electron chi connectivity index (χ3n) is 2.31. The fourth-order valence-electron chi connectivity index (χ4n) is 1.50. The van der Waals surface area contributed by atoms with E-state index >= 15 is 0 Å².